The molecule has 1 aromatic carbocycles. The van der Waals surface area contributed by atoms with Gasteiger partial charge in [0.05, 0.1) is 0 Å². The molecule has 1 heterocycles. The zero-order chi connectivity index (χ0) is 9.97. The molecule has 2 rings (SSSR count). The third kappa shape index (κ3) is 1.71. The van der Waals surface area contributed by atoms with E-state index >= 15 is 0 Å². The van der Waals surface area contributed by atoms with Gasteiger partial charge in [-0.2, -0.15) is 0 Å². The Kier molecular flexibility index (Phi) is 2.39. The van der Waals surface area contributed by atoms with Crippen LogP contribution in [-0.2, 0) is 11.2 Å². The summed E-state index contributed by atoms with van der Waals surface area (Å²) in [4.78, 5) is 10.5. The number of carbonyl (C=O) groups is 1. The van der Waals surface area contributed by atoms with E-state index in [1.807, 2.05) is 25.1 Å². The van der Waals surface area contributed by atoms with Gasteiger partial charge in [-0.25, -0.2) is 0 Å². The first-order valence-electron chi connectivity index (χ1n) is 4.63. The van der Waals surface area contributed by atoms with Crippen molar-refractivity contribution in [3.63, 3.8) is 0 Å². The Morgan fingerprint density at radius 3 is 3.00 bits per heavy atom. The molecule has 0 radical (unpaired) electrons. The second-order valence-corrected chi connectivity index (χ2v) is 3.51. The maximum absolute atomic E-state index is 10.5. The number of fused-ring (bicyclic) bond motifs is 1. The Morgan fingerprint density at radius 2 is 2.21 bits per heavy atom. The fraction of sp³-hybridized carbons (Fsp3) is 0.364. The van der Waals surface area contributed by atoms with Crippen molar-refractivity contribution < 1.29 is 14.3 Å². The molecular formula is C11H12O3. The van der Waals surface area contributed by atoms with Gasteiger partial charge in [0.2, 0.25) is 6.79 Å². The second-order valence-electron chi connectivity index (χ2n) is 3.51. The van der Waals surface area contributed by atoms with Gasteiger partial charge in [-0.1, -0.05) is 13.0 Å². The minimum atomic E-state index is 0.0513. The van der Waals surface area contributed by atoms with E-state index < -0.39 is 0 Å². The first kappa shape index (κ1) is 9.06. The first-order valence-corrected chi connectivity index (χ1v) is 4.63. The number of carbonyl (C=O) groups excluding carboxylic acids is 1. The standard InChI is InChI=1S/C11H12O3/c1-8(6-12)4-9-2-3-10-11(5-9)14-7-13-10/h2-3,5-6,8H,4,7H2,1H3/t8-/m0/s1. The number of hydrogen-bond acceptors (Lipinski definition) is 3. The van der Waals surface area contributed by atoms with Crippen LogP contribution in [0.5, 0.6) is 11.5 Å². The highest BCUT2D eigenvalue weighted by molar-refractivity contribution is 5.54. The highest BCUT2D eigenvalue weighted by Crippen LogP contribution is 2.32. The van der Waals surface area contributed by atoms with Gasteiger partial charge in [0.15, 0.2) is 11.5 Å². The zero-order valence-electron chi connectivity index (χ0n) is 8.03. The maximum atomic E-state index is 10.5. The summed E-state index contributed by atoms with van der Waals surface area (Å²) in [7, 11) is 0. The third-order valence-corrected chi connectivity index (χ3v) is 2.23. The van der Waals surface area contributed by atoms with Gasteiger partial charge in [0, 0.05) is 5.92 Å². The second kappa shape index (κ2) is 3.70. The van der Waals surface area contributed by atoms with Crippen LogP contribution in [-0.4, -0.2) is 13.1 Å². The molecule has 14 heavy (non-hydrogen) atoms. The molecule has 1 aliphatic heterocycles. The molecule has 0 saturated heterocycles. The molecule has 0 spiro atoms. The van der Waals surface area contributed by atoms with Gasteiger partial charge in [-0.05, 0) is 24.1 Å². The predicted molar refractivity (Wildman–Crippen MR) is 51.5 cm³/mol. The molecule has 1 aliphatic rings. The summed E-state index contributed by atoms with van der Waals surface area (Å²) in [6, 6.07) is 5.78. The monoisotopic (exact) mass is 192 g/mol. The summed E-state index contributed by atoms with van der Waals surface area (Å²) in [5.41, 5.74) is 1.11. The number of ether oxygens (including phenoxy) is 2. The van der Waals surface area contributed by atoms with Crippen molar-refractivity contribution in [3.05, 3.63) is 23.8 Å². The third-order valence-electron chi connectivity index (χ3n) is 2.23. The van der Waals surface area contributed by atoms with E-state index in [0.717, 1.165) is 29.8 Å². The van der Waals surface area contributed by atoms with E-state index in [-0.39, 0.29) is 5.92 Å². The van der Waals surface area contributed by atoms with E-state index in [4.69, 9.17) is 9.47 Å². The summed E-state index contributed by atoms with van der Waals surface area (Å²) in [5, 5.41) is 0. The number of hydrogen-bond donors (Lipinski definition) is 0. The highest BCUT2D eigenvalue weighted by atomic mass is 16.7. The lowest BCUT2D eigenvalue weighted by molar-refractivity contribution is -0.110. The molecule has 0 aliphatic carbocycles. The lowest BCUT2D eigenvalue weighted by Crippen LogP contribution is -2.00. The van der Waals surface area contributed by atoms with E-state index in [0.29, 0.717) is 6.79 Å². The minimum Gasteiger partial charge on any atom is -0.454 e. The van der Waals surface area contributed by atoms with Crippen molar-refractivity contribution in [3.8, 4) is 11.5 Å². The normalized spacial score (nSPS) is 15.2. The summed E-state index contributed by atoms with van der Waals surface area (Å²) in [6.45, 7) is 2.19. The average Bonchev–Trinajstić information content (AvgIpc) is 2.64. The lowest BCUT2D eigenvalue weighted by Gasteiger charge is -2.04. The Hall–Kier alpha value is -1.51. The molecule has 3 nitrogen and oxygen atoms in total. The van der Waals surface area contributed by atoms with Gasteiger partial charge >= 0.3 is 0 Å². The molecule has 0 aromatic heterocycles. The molecule has 0 amide bonds. The lowest BCUT2D eigenvalue weighted by atomic mass is 10.0. The molecular weight excluding hydrogens is 180 g/mol. The van der Waals surface area contributed by atoms with Gasteiger partial charge in [0.25, 0.3) is 0 Å². The van der Waals surface area contributed by atoms with Gasteiger partial charge < -0.3 is 14.3 Å². The summed E-state index contributed by atoms with van der Waals surface area (Å²) >= 11 is 0. The van der Waals surface area contributed by atoms with Crippen LogP contribution in [0.25, 0.3) is 0 Å². The van der Waals surface area contributed by atoms with Gasteiger partial charge in [0.1, 0.15) is 6.29 Å². The molecule has 0 saturated carbocycles. The molecule has 74 valence electrons. The summed E-state index contributed by atoms with van der Waals surface area (Å²) in [6.07, 6.45) is 1.71. The Morgan fingerprint density at radius 1 is 1.43 bits per heavy atom. The van der Waals surface area contributed by atoms with E-state index in [1.54, 1.807) is 0 Å². The largest absolute Gasteiger partial charge is 0.454 e. The zero-order valence-corrected chi connectivity index (χ0v) is 8.03. The fourth-order valence-corrected chi connectivity index (χ4v) is 1.49. The fourth-order valence-electron chi connectivity index (χ4n) is 1.49. The van der Waals surface area contributed by atoms with Crippen LogP contribution >= 0.6 is 0 Å². The van der Waals surface area contributed by atoms with Crippen molar-refractivity contribution >= 4 is 6.29 Å². The molecule has 0 bridgehead atoms. The first-order chi connectivity index (χ1) is 6.79. The summed E-state index contributed by atoms with van der Waals surface area (Å²) < 4.78 is 10.4. The van der Waals surface area contributed by atoms with Gasteiger partial charge in [-0.3, -0.25) is 0 Å². The minimum absolute atomic E-state index is 0.0513. The van der Waals surface area contributed by atoms with E-state index in [1.165, 1.54) is 0 Å². The van der Waals surface area contributed by atoms with Crippen molar-refractivity contribution in [1.29, 1.82) is 0 Å². The van der Waals surface area contributed by atoms with Gasteiger partial charge in [-0.15, -0.1) is 0 Å². The Bertz CT molecular complexity index is 346. The molecule has 1 atom stereocenters. The molecule has 3 heteroatoms. The topological polar surface area (TPSA) is 35.5 Å². The smallest absolute Gasteiger partial charge is 0.231 e. The Labute approximate surface area is 82.6 Å². The highest BCUT2D eigenvalue weighted by Gasteiger charge is 2.13. The van der Waals surface area contributed by atoms with Crippen LogP contribution in [0.2, 0.25) is 0 Å². The van der Waals surface area contributed by atoms with Crippen LogP contribution in [0.3, 0.4) is 0 Å². The van der Waals surface area contributed by atoms with Crippen LogP contribution in [0.1, 0.15) is 12.5 Å². The molecule has 0 unspecified atom stereocenters. The Balaban J connectivity index is 2.16. The molecule has 0 fully saturated rings. The van der Waals surface area contributed by atoms with E-state index in [9.17, 15) is 4.79 Å². The number of aldehydes is 1. The maximum Gasteiger partial charge on any atom is 0.231 e. The van der Waals surface area contributed by atoms with Crippen molar-refractivity contribution in [2.24, 2.45) is 5.92 Å². The van der Waals surface area contributed by atoms with Crippen molar-refractivity contribution in [2.75, 3.05) is 6.79 Å². The van der Waals surface area contributed by atoms with Crippen molar-refractivity contribution in [2.45, 2.75) is 13.3 Å². The van der Waals surface area contributed by atoms with Crippen LogP contribution < -0.4 is 9.47 Å². The summed E-state index contributed by atoms with van der Waals surface area (Å²) in [5.74, 6) is 1.61. The number of benzene rings is 1. The van der Waals surface area contributed by atoms with Crippen LogP contribution in [0.4, 0.5) is 0 Å². The van der Waals surface area contributed by atoms with E-state index in [2.05, 4.69) is 0 Å². The molecule has 0 N–H and O–H groups in total. The van der Waals surface area contributed by atoms with Crippen molar-refractivity contribution in [1.82, 2.24) is 0 Å². The number of rotatable bonds is 3. The predicted octanol–water partition coefficient (Wildman–Crippen LogP) is 1.79. The molecule has 1 aromatic rings. The van der Waals surface area contributed by atoms with Crippen LogP contribution in [0.15, 0.2) is 18.2 Å². The quantitative estimate of drug-likeness (QED) is 0.685. The average molecular weight is 192 g/mol. The van der Waals surface area contributed by atoms with Crippen LogP contribution in [0, 0.1) is 5.92 Å². The SMILES string of the molecule is C[C@H](C=O)Cc1ccc2c(c1)OCO2.